The number of aromatic nitrogens is 2. The van der Waals surface area contributed by atoms with E-state index in [-0.39, 0.29) is 0 Å². The van der Waals surface area contributed by atoms with E-state index in [2.05, 4.69) is 37.6 Å². The predicted octanol–water partition coefficient (Wildman–Crippen LogP) is 3.49. The van der Waals surface area contributed by atoms with Crippen molar-refractivity contribution in [3.8, 4) is 6.07 Å². The number of rotatable bonds is 5. The molecule has 0 spiro atoms. The SMILES string of the molecule is N#Cc1c(NCCNc2cccc(Br)c2)nc2ccccn12. The van der Waals surface area contributed by atoms with Gasteiger partial charge in [0.2, 0.25) is 0 Å². The van der Waals surface area contributed by atoms with Crippen LogP contribution in [0.2, 0.25) is 0 Å². The van der Waals surface area contributed by atoms with Crippen LogP contribution in [0.25, 0.3) is 5.65 Å². The number of anilines is 2. The van der Waals surface area contributed by atoms with Crippen molar-refractivity contribution in [1.82, 2.24) is 9.38 Å². The summed E-state index contributed by atoms with van der Waals surface area (Å²) < 4.78 is 2.82. The van der Waals surface area contributed by atoms with Crippen LogP contribution < -0.4 is 10.6 Å². The molecular formula is C16H14BrN5. The van der Waals surface area contributed by atoms with Gasteiger partial charge in [-0.15, -0.1) is 0 Å². The fourth-order valence-electron chi connectivity index (χ4n) is 2.21. The van der Waals surface area contributed by atoms with E-state index >= 15 is 0 Å². The lowest BCUT2D eigenvalue weighted by atomic mass is 10.3. The van der Waals surface area contributed by atoms with Gasteiger partial charge in [-0.2, -0.15) is 5.26 Å². The molecule has 110 valence electrons. The molecule has 1 aromatic carbocycles. The normalized spacial score (nSPS) is 10.4. The summed E-state index contributed by atoms with van der Waals surface area (Å²) in [5.74, 6) is 0.616. The first-order valence-corrected chi connectivity index (χ1v) is 7.68. The Morgan fingerprint density at radius 1 is 1.14 bits per heavy atom. The molecule has 0 aliphatic carbocycles. The maximum absolute atomic E-state index is 9.30. The van der Waals surface area contributed by atoms with Gasteiger partial charge in [0.25, 0.3) is 0 Å². The number of hydrogen-bond donors (Lipinski definition) is 2. The van der Waals surface area contributed by atoms with Gasteiger partial charge in [0.1, 0.15) is 11.7 Å². The van der Waals surface area contributed by atoms with Crippen molar-refractivity contribution in [3.63, 3.8) is 0 Å². The lowest BCUT2D eigenvalue weighted by Crippen LogP contribution is -2.14. The second kappa shape index (κ2) is 6.50. The number of imidazole rings is 1. The topological polar surface area (TPSA) is 65.2 Å². The molecule has 3 rings (SSSR count). The number of pyridine rings is 1. The molecule has 2 aromatic heterocycles. The summed E-state index contributed by atoms with van der Waals surface area (Å²) in [6.45, 7) is 1.40. The van der Waals surface area contributed by atoms with Gasteiger partial charge >= 0.3 is 0 Å². The molecule has 5 nitrogen and oxygen atoms in total. The van der Waals surface area contributed by atoms with Crippen LogP contribution in [0, 0.1) is 11.3 Å². The molecule has 2 N–H and O–H groups in total. The highest BCUT2D eigenvalue weighted by Crippen LogP contribution is 2.17. The Balaban J connectivity index is 1.63. The average molecular weight is 356 g/mol. The standard InChI is InChI=1S/C16H14BrN5/c17-12-4-3-5-13(10-12)19-7-8-20-16-14(11-18)22-9-2-1-6-15(22)21-16/h1-6,9-10,19-20H,7-8H2. The second-order valence-corrected chi connectivity index (χ2v) is 5.63. The van der Waals surface area contributed by atoms with E-state index < -0.39 is 0 Å². The van der Waals surface area contributed by atoms with Gasteiger partial charge in [-0.1, -0.05) is 28.1 Å². The van der Waals surface area contributed by atoms with Crippen LogP contribution in [0.15, 0.2) is 53.1 Å². The molecule has 6 heteroatoms. The number of halogens is 1. The summed E-state index contributed by atoms with van der Waals surface area (Å²) in [5, 5.41) is 15.8. The van der Waals surface area contributed by atoms with E-state index in [1.165, 1.54) is 0 Å². The summed E-state index contributed by atoms with van der Waals surface area (Å²) >= 11 is 3.44. The lowest BCUT2D eigenvalue weighted by molar-refractivity contribution is 1.06. The molecule has 0 saturated heterocycles. The van der Waals surface area contributed by atoms with Crippen LogP contribution in [0.3, 0.4) is 0 Å². The van der Waals surface area contributed by atoms with Crippen LogP contribution in [-0.4, -0.2) is 22.5 Å². The smallest absolute Gasteiger partial charge is 0.168 e. The Morgan fingerprint density at radius 3 is 2.82 bits per heavy atom. The summed E-state index contributed by atoms with van der Waals surface area (Å²) in [6.07, 6.45) is 1.84. The van der Waals surface area contributed by atoms with E-state index in [0.29, 0.717) is 18.1 Å². The van der Waals surface area contributed by atoms with Crippen molar-refractivity contribution in [1.29, 1.82) is 5.26 Å². The molecule has 0 radical (unpaired) electrons. The number of benzene rings is 1. The Bertz CT molecular complexity index is 834. The Kier molecular flexibility index (Phi) is 4.26. The molecule has 2 heterocycles. The van der Waals surface area contributed by atoms with E-state index in [1.54, 1.807) is 4.40 Å². The van der Waals surface area contributed by atoms with E-state index in [9.17, 15) is 5.26 Å². The van der Waals surface area contributed by atoms with Gasteiger partial charge in [-0.25, -0.2) is 4.98 Å². The largest absolute Gasteiger partial charge is 0.383 e. The van der Waals surface area contributed by atoms with Crippen LogP contribution in [0.5, 0.6) is 0 Å². The van der Waals surface area contributed by atoms with Gasteiger partial charge in [0, 0.05) is 29.4 Å². The number of hydrogen-bond acceptors (Lipinski definition) is 4. The minimum absolute atomic E-state index is 0.526. The molecule has 0 amide bonds. The summed E-state index contributed by atoms with van der Waals surface area (Å²) in [6, 6.07) is 15.9. The van der Waals surface area contributed by atoms with Crippen LogP contribution in [-0.2, 0) is 0 Å². The van der Waals surface area contributed by atoms with Gasteiger partial charge in [0.05, 0.1) is 0 Å². The monoisotopic (exact) mass is 355 g/mol. The zero-order valence-electron chi connectivity index (χ0n) is 11.8. The average Bonchev–Trinajstić information content (AvgIpc) is 2.89. The molecule has 0 unspecified atom stereocenters. The minimum atomic E-state index is 0.526. The van der Waals surface area contributed by atoms with Gasteiger partial charge in [-0.3, -0.25) is 4.40 Å². The molecule has 0 bridgehead atoms. The first-order chi connectivity index (χ1) is 10.8. The minimum Gasteiger partial charge on any atom is -0.383 e. The molecule has 0 atom stereocenters. The van der Waals surface area contributed by atoms with Crippen LogP contribution >= 0.6 is 15.9 Å². The zero-order valence-corrected chi connectivity index (χ0v) is 13.3. The van der Waals surface area contributed by atoms with Crippen molar-refractivity contribution in [2.24, 2.45) is 0 Å². The first kappa shape index (κ1) is 14.4. The highest BCUT2D eigenvalue weighted by Gasteiger charge is 2.10. The maximum Gasteiger partial charge on any atom is 0.168 e. The molecule has 0 aliphatic rings. The third-order valence-electron chi connectivity index (χ3n) is 3.21. The molecule has 0 saturated carbocycles. The highest BCUT2D eigenvalue weighted by atomic mass is 79.9. The quantitative estimate of drug-likeness (QED) is 0.687. The van der Waals surface area contributed by atoms with Crippen molar-refractivity contribution >= 4 is 33.1 Å². The van der Waals surface area contributed by atoms with E-state index in [4.69, 9.17) is 0 Å². The van der Waals surface area contributed by atoms with Crippen molar-refractivity contribution in [2.75, 3.05) is 23.7 Å². The van der Waals surface area contributed by atoms with E-state index in [1.807, 2.05) is 48.7 Å². The third-order valence-corrected chi connectivity index (χ3v) is 3.70. The maximum atomic E-state index is 9.30. The summed E-state index contributed by atoms with van der Waals surface area (Å²) in [4.78, 5) is 4.44. The third kappa shape index (κ3) is 3.05. The van der Waals surface area contributed by atoms with Gasteiger partial charge in [0.15, 0.2) is 11.5 Å². The summed E-state index contributed by atoms with van der Waals surface area (Å²) in [5.41, 5.74) is 2.34. The molecule has 22 heavy (non-hydrogen) atoms. The van der Waals surface area contributed by atoms with Crippen molar-refractivity contribution in [3.05, 3.63) is 58.8 Å². The second-order valence-electron chi connectivity index (χ2n) is 4.71. The molecule has 3 aromatic rings. The fraction of sp³-hybridized carbons (Fsp3) is 0.125. The molecule has 0 aliphatic heterocycles. The van der Waals surface area contributed by atoms with E-state index in [0.717, 1.165) is 22.4 Å². The Labute approximate surface area is 136 Å². The highest BCUT2D eigenvalue weighted by molar-refractivity contribution is 9.10. The Morgan fingerprint density at radius 2 is 2.00 bits per heavy atom. The Hall–Kier alpha value is -2.52. The van der Waals surface area contributed by atoms with Gasteiger partial charge in [-0.05, 0) is 30.3 Å². The fourth-order valence-corrected chi connectivity index (χ4v) is 2.61. The molecule has 0 fully saturated rings. The number of nitriles is 1. The molecular weight excluding hydrogens is 342 g/mol. The zero-order chi connectivity index (χ0) is 15.4. The number of nitrogens with zero attached hydrogens (tertiary/aromatic N) is 3. The predicted molar refractivity (Wildman–Crippen MR) is 91.0 cm³/mol. The summed E-state index contributed by atoms with van der Waals surface area (Å²) in [7, 11) is 0. The first-order valence-electron chi connectivity index (χ1n) is 6.88. The number of fused-ring (bicyclic) bond motifs is 1. The van der Waals surface area contributed by atoms with Gasteiger partial charge < -0.3 is 10.6 Å². The van der Waals surface area contributed by atoms with Crippen LogP contribution in [0.4, 0.5) is 11.5 Å². The van der Waals surface area contributed by atoms with Crippen molar-refractivity contribution < 1.29 is 0 Å². The lowest BCUT2D eigenvalue weighted by Gasteiger charge is -2.07. The van der Waals surface area contributed by atoms with Crippen LogP contribution in [0.1, 0.15) is 5.69 Å². The van der Waals surface area contributed by atoms with Crippen molar-refractivity contribution in [2.45, 2.75) is 0 Å². The number of nitrogens with one attached hydrogen (secondary N) is 2.